The lowest BCUT2D eigenvalue weighted by atomic mass is 9.86. The highest BCUT2D eigenvalue weighted by Crippen LogP contribution is 2.36. The molecule has 0 saturated carbocycles. The van der Waals surface area contributed by atoms with E-state index in [9.17, 15) is 10.2 Å². The Kier molecular flexibility index (Phi) is 3.42. The van der Waals surface area contributed by atoms with Gasteiger partial charge in [0, 0.05) is 15.6 Å². The fourth-order valence-electron chi connectivity index (χ4n) is 1.79. The second-order valence-electron chi connectivity index (χ2n) is 3.88. The number of aromatic hydroxyl groups is 1. The second-order valence-corrected chi connectivity index (χ2v) is 4.80. The highest BCUT2D eigenvalue weighted by molar-refractivity contribution is 9.10. The average Bonchev–Trinajstić information content (AvgIpc) is 2.41. The summed E-state index contributed by atoms with van der Waals surface area (Å²) in [4.78, 5) is 0. The molecule has 0 amide bonds. The van der Waals surface area contributed by atoms with Gasteiger partial charge in [-0.25, -0.2) is 0 Å². The van der Waals surface area contributed by atoms with E-state index in [2.05, 4.69) is 21.9 Å². The largest absolute Gasteiger partial charge is 0.508 e. The molecule has 2 rings (SSSR count). The molecule has 1 atom stereocenters. The van der Waals surface area contributed by atoms with Crippen LogP contribution < -0.4 is 0 Å². The van der Waals surface area contributed by atoms with Gasteiger partial charge in [0.25, 0.3) is 0 Å². The molecule has 0 fully saturated rings. The van der Waals surface area contributed by atoms with Crippen LogP contribution in [0.4, 0.5) is 0 Å². The number of benzene rings is 2. The zero-order chi connectivity index (χ0) is 13.2. The summed E-state index contributed by atoms with van der Waals surface area (Å²) in [6, 6.07) is 13.6. The molecule has 18 heavy (non-hydrogen) atoms. The number of hydrogen-bond donors (Lipinski definition) is 2. The first kappa shape index (κ1) is 12.7. The molecule has 2 N–H and O–H groups in total. The quantitative estimate of drug-likeness (QED) is 0.837. The minimum absolute atomic E-state index is 0.0393. The van der Waals surface area contributed by atoms with Crippen molar-refractivity contribution in [2.75, 3.05) is 0 Å². The van der Waals surface area contributed by atoms with E-state index in [0.717, 1.165) is 4.47 Å². The molecule has 0 aliphatic heterocycles. The molecule has 1 unspecified atom stereocenters. The predicted molar refractivity (Wildman–Crippen MR) is 74.1 cm³/mol. The van der Waals surface area contributed by atoms with Crippen LogP contribution in [-0.4, -0.2) is 10.2 Å². The van der Waals surface area contributed by atoms with Crippen LogP contribution in [0.25, 0.3) is 0 Å². The Morgan fingerprint density at radius 3 is 2.39 bits per heavy atom. The van der Waals surface area contributed by atoms with E-state index < -0.39 is 5.60 Å². The zero-order valence-corrected chi connectivity index (χ0v) is 11.1. The van der Waals surface area contributed by atoms with Crippen molar-refractivity contribution in [2.45, 2.75) is 5.60 Å². The van der Waals surface area contributed by atoms with E-state index in [0.29, 0.717) is 5.56 Å². The molecule has 0 bridgehead atoms. The van der Waals surface area contributed by atoms with E-state index in [4.69, 9.17) is 6.42 Å². The van der Waals surface area contributed by atoms with E-state index in [1.165, 1.54) is 6.07 Å². The minimum atomic E-state index is -1.64. The predicted octanol–water partition coefficient (Wildman–Crippen LogP) is 3.02. The summed E-state index contributed by atoms with van der Waals surface area (Å²) in [7, 11) is 0. The fourth-order valence-corrected chi connectivity index (χ4v) is 2.16. The summed E-state index contributed by atoms with van der Waals surface area (Å²) >= 11 is 3.30. The Balaban J connectivity index is 2.65. The third kappa shape index (κ3) is 2.13. The lowest BCUT2D eigenvalue weighted by molar-refractivity contribution is 0.142. The SMILES string of the molecule is C#CC(O)(c1ccccc1)c1cc(Br)ccc1O. The molecule has 3 heteroatoms. The van der Waals surface area contributed by atoms with Crippen molar-refractivity contribution in [3.63, 3.8) is 0 Å². The Labute approximate surface area is 114 Å². The fraction of sp³-hybridized carbons (Fsp3) is 0.0667. The molecule has 2 nitrogen and oxygen atoms in total. The van der Waals surface area contributed by atoms with E-state index in [1.54, 1.807) is 36.4 Å². The highest BCUT2D eigenvalue weighted by atomic mass is 79.9. The smallest absolute Gasteiger partial charge is 0.180 e. The Bertz CT molecular complexity index is 602. The summed E-state index contributed by atoms with van der Waals surface area (Å²) in [5.74, 6) is 2.31. The summed E-state index contributed by atoms with van der Waals surface area (Å²) in [6.07, 6.45) is 5.46. The number of phenols is 1. The maximum Gasteiger partial charge on any atom is 0.180 e. The maximum atomic E-state index is 10.7. The normalized spacial score (nSPS) is 13.6. The van der Waals surface area contributed by atoms with Gasteiger partial charge < -0.3 is 10.2 Å². The van der Waals surface area contributed by atoms with Gasteiger partial charge in [-0.05, 0) is 18.2 Å². The van der Waals surface area contributed by atoms with Gasteiger partial charge in [-0.2, -0.15) is 0 Å². The van der Waals surface area contributed by atoms with Crippen LogP contribution in [0.5, 0.6) is 5.75 Å². The zero-order valence-electron chi connectivity index (χ0n) is 9.47. The third-order valence-electron chi connectivity index (χ3n) is 2.75. The van der Waals surface area contributed by atoms with Gasteiger partial charge in [0.05, 0.1) is 0 Å². The number of hydrogen-bond acceptors (Lipinski definition) is 2. The topological polar surface area (TPSA) is 40.5 Å². The number of halogens is 1. The summed E-state index contributed by atoms with van der Waals surface area (Å²) in [5, 5.41) is 20.5. The highest BCUT2D eigenvalue weighted by Gasteiger charge is 2.31. The maximum absolute atomic E-state index is 10.7. The number of aliphatic hydroxyl groups is 1. The van der Waals surface area contributed by atoms with Gasteiger partial charge >= 0.3 is 0 Å². The molecule has 0 saturated heterocycles. The third-order valence-corrected chi connectivity index (χ3v) is 3.24. The first-order valence-corrected chi connectivity index (χ1v) is 6.12. The Morgan fingerprint density at radius 1 is 1.11 bits per heavy atom. The molecule has 2 aromatic carbocycles. The molecular weight excluding hydrogens is 292 g/mol. The van der Waals surface area contributed by atoms with Gasteiger partial charge in [0.1, 0.15) is 5.75 Å². The van der Waals surface area contributed by atoms with Crippen LogP contribution in [-0.2, 0) is 5.60 Å². The second kappa shape index (κ2) is 4.85. The lowest BCUT2D eigenvalue weighted by Crippen LogP contribution is -2.25. The van der Waals surface area contributed by atoms with Crippen molar-refractivity contribution < 1.29 is 10.2 Å². The molecule has 0 spiro atoms. The summed E-state index contributed by atoms with van der Waals surface area (Å²) < 4.78 is 0.736. The first-order chi connectivity index (χ1) is 8.58. The van der Waals surface area contributed by atoms with Crippen LogP contribution in [0, 0.1) is 12.3 Å². The Hall–Kier alpha value is -1.76. The number of phenolic OH excluding ortho intramolecular Hbond substituents is 1. The molecule has 2 aromatic rings. The molecule has 0 aliphatic carbocycles. The van der Waals surface area contributed by atoms with Gasteiger partial charge in [0.15, 0.2) is 5.60 Å². The molecule has 0 radical (unpaired) electrons. The number of terminal acetylenes is 1. The Morgan fingerprint density at radius 2 is 1.78 bits per heavy atom. The summed E-state index contributed by atoms with van der Waals surface area (Å²) in [6.45, 7) is 0. The van der Waals surface area contributed by atoms with E-state index in [1.807, 2.05) is 6.07 Å². The average molecular weight is 303 g/mol. The van der Waals surface area contributed by atoms with Crippen molar-refractivity contribution in [1.29, 1.82) is 0 Å². The van der Waals surface area contributed by atoms with Crippen molar-refractivity contribution in [2.24, 2.45) is 0 Å². The van der Waals surface area contributed by atoms with Crippen LogP contribution in [0.15, 0.2) is 53.0 Å². The van der Waals surface area contributed by atoms with Gasteiger partial charge in [-0.3, -0.25) is 0 Å². The molecule has 0 aliphatic rings. The lowest BCUT2D eigenvalue weighted by Gasteiger charge is -2.24. The molecule has 0 aromatic heterocycles. The van der Waals surface area contributed by atoms with Gasteiger partial charge in [0.2, 0.25) is 0 Å². The van der Waals surface area contributed by atoms with Crippen molar-refractivity contribution >= 4 is 15.9 Å². The standard InChI is InChI=1S/C15H11BrO2/c1-2-15(18,11-6-4-3-5-7-11)13-10-12(16)8-9-14(13)17/h1,3-10,17-18H. The van der Waals surface area contributed by atoms with Crippen molar-refractivity contribution in [3.8, 4) is 18.1 Å². The summed E-state index contributed by atoms with van der Waals surface area (Å²) in [5.41, 5.74) is -0.818. The van der Waals surface area contributed by atoms with Crippen molar-refractivity contribution in [1.82, 2.24) is 0 Å². The van der Waals surface area contributed by atoms with Crippen LogP contribution >= 0.6 is 15.9 Å². The molecule has 0 heterocycles. The van der Waals surface area contributed by atoms with Gasteiger partial charge in [-0.15, -0.1) is 6.42 Å². The molecular formula is C15H11BrO2. The van der Waals surface area contributed by atoms with Crippen molar-refractivity contribution in [3.05, 3.63) is 64.1 Å². The molecule has 90 valence electrons. The van der Waals surface area contributed by atoms with E-state index in [-0.39, 0.29) is 11.3 Å². The van der Waals surface area contributed by atoms with E-state index >= 15 is 0 Å². The van der Waals surface area contributed by atoms with Gasteiger partial charge in [-0.1, -0.05) is 52.2 Å². The number of rotatable bonds is 2. The first-order valence-electron chi connectivity index (χ1n) is 5.32. The minimum Gasteiger partial charge on any atom is -0.508 e. The monoisotopic (exact) mass is 302 g/mol. The van der Waals surface area contributed by atoms with Crippen LogP contribution in [0.1, 0.15) is 11.1 Å². The van der Waals surface area contributed by atoms with Crippen LogP contribution in [0.2, 0.25) is 0 Å². The van der Waals surface area contributed by atoms with Crippen LogP contribution in [0.3, 0.4) is 0 Å².